The maximum Gasteiger partial charge on any atom is 0.233 e. The molecule has 4 aliphatic carbocycles. The van der Waals surface area contributed by atoms with Gasteiger partial charge in [0, 0.05) is 23.9 Å². The van der Waals surface area contributed by atoms with E-state index in [1.54, 1.807) is 0 Å². The minimum Gasteiger partial charge on any atom is -0.355 e. The van der Waals surface area contributed by atoms with Crippen LogP contribution in [0.5, 0.6) is 0 Å². The molecule has 0 spiro atoms. The van der Waals surface area contributed by atoms with Crippen molar-refractivity contribution in [1.82, 2.24) is 10.6 Å². The van der Waals surface area contributed by atoms with Crippen molar-refractivity contribution >= 4 is 23.4 Å². The first-order valence-corrected chi connectivity index (χ1v) is 11.1. The molecule has 0 heterocycles. The van der Waals surface area contributed by atoms with Gasteiger partial charge in [-0.25, -0.2) is 0 Å². The molecule has 4 rings (SSSR count). The normalized spacial score (nSPS) is 38.5. The molecule has 4 aliphatic rings. The van der Waals surface area contributed by atoms with Crippen molar-refractivity contribution in [3.05, 3.63) is 0 Å². The van der Waals surface area contributed by atoms with Gasteiger partial charge in [-0.1, -0.05) is 27.7 Å². The first kappa shape index (κ1) is 20.5. The van der Waals surface area contributed by atoms with E-state index in [9.17, 15) is 19.2 Å². The van der Waals surface area contributed by atoms with E-state index >= 15 is 0 Å². The lowest BCUT2D eigenvalue weighted by Crippen LogP contribution is -2.48. The summed E-state index contributed by atoms with van der Waals surface area (Å²) >= 11 is 0. The van der Waals surface area contributed by atoms with Gasteiger partial charge in [-0.15, -0.1) is 0 Å². The topological polar surface area (TPSA) is 92.3 Å². The third kappa shape index (κ3) is 2.66. The second kappa shape index (κ2) is 6.39. The van der Waals surface area contributed by atoms with Crippen LogP contribution < -0.4 is 10.6 Å². The third-order valence-electron chi connectivity index (χ3n) is 8.90. The first-order chi connectivity index (χ1) is 13.5. The number of amides is 2. The molecule has 0 radical (unpaired) electrons. The van der Waals surface area contributed by atoms with Crippen LogP contribution in [0.4, 0.5) is 0 Å². The van der Waals surface area contributed by atoms with Crippen LogP contribution >= 0.6 is 0 Å². The summed E-state index contributed by atoms with van der Waals surface area (Å²) in [5.74, 6) is 0.498. The van der Waals surface area contributed by atoms with Gasteiger partial charge in [-0.05, 0) is 56.8 Å². The molecule has 29 heavy (non-hydrogen) atoms. The third-order valence-corrected chi connectivity index (χ3v) is 8.90. The number of fused-ring (bicyclic) bond motifs is 4. The molecule has 6 nitrogen and oxygen atoms in total. The molecule has 160 valence electrons. The highest BCUT2D eigenvalue weighted by Crippen LogP contribution is 2.61. The molecule has 4 atom stereocenters. The van der Waals surface area contributed by atoms with E-state index in [0.717, 1.165) is 12.8 Å². The van der Waals surface area contributed by atoms with Gasteiger partial charge in [-0.2, -0.15) is 0 Å². The zero-order valence-electron chi connectivity index (χ0n) is 18.2. The van der Waals surface area contributed by atoms with Gasteiger partial charge >= 0.3 is 0 Å². The lowest BCUT2D eigenvalue weighted by molar-refractivity contribution is -0.146. The number of Topliss-reactive ketones (excluding diaryl/α,β-unsaturated/α-hetero) is 2. The summed E-state index contributed by atoms with van der Waals surface area (Å²) < 4.78 is 0. The maximum absolute atomic E-state index is 12.8. The summed E-state index contributed by atoms with van der Waals surface area (Å²) in [6.07, 6.45) is 5.12. The molecule has 4 bridgehead atoms. The predicted octanol–water partition coefficient (Wildman–Crippen LogP) is 2.40. The standard InChI is InChI=1S/C23H34N2O4/c1-20(2)14-6-8-22(12-14,16(20)26)18(28)24-10-5-11-25-19(29)23-9-7-15(13-23)21(3,4)17(23)27/h14-15H,5-13H2,1-4H3,(H,24,28)(H,25,29). The molecule has 0 aromatic heterocycles. The van der Waals surface area contributed by atoms with Gasteiger partial charge in [0.05, 0.1) is 0 Å². The number of hydrogen-bond acceptors (Lipinski definition) is 4. The molecule has 4 unspecified atom stereocenters. The van der Waals surface area contributed by atoms with E-state index in [-0.39, 0.29) is 23.4 Å². The van der Waals surface area contributed by atoms with Crippen molar-refractivity contribution in [2.45, 2.75) is 72.6 Å². The van der Waals surface area contributed by atoms with Crippen LogP contribution in [-0.2, 0) is 19.2 Å². The zero-order chi connectivity index (χ0) is 21.2. The van der Waals surface area contributed by atoms with Crippen LogP contribution in [0.1, 0.15) is 72.6 Å². The van der Waals surface area contributed by atoms with Crippen molar-refractivity contribution in [3.63, 3.8) is 0 Å². The van der Waals surface area contributed by atoms with Gasteiger partial charge in [-0.3, -0.25) is 19.2 Å². The average molecular weight is 403 g/mol. The zero-order valence-corrected chi connectivity index (χ0v) is 18.2. The van der Waals surface area contributed by atoms with E-state index in [0.29, 0.717) is 57.0 Å². The second-order valence-electron chi connectivity index (χ2n) is 11.0. The summed E-state index contributed by atoms with van der Waals surface area (Å²) in [6, 6.07) is 0. The van der Waals surface area contributed by atoms with E-state index in [2.05, 4.69) is 10.6 Å². The number of nitrogens with one attached hydrogen (secondary N) is 2. The minimum absolute atomic E-state index is 0.0873. The predicted molar refractivity (Wildman–Crippen MR) is 108 cm³/mol. The fourth-order valence-corrected chi connectivity index (χ4v) is 6.79. The highest BCUT2D eigenvalue weighted by molar-refractivity contribution is 6.11. The van der Waals surface area contributed by atoms with Gasteiger partial charge in [0.15, 0.2) is 11.6 Å². The quantitative estimate of drug-likeness (QED) is 0.527. The number of ketones is 2. The molecule has 2 N–H and O–H groups in total. The van der Waals surface area contributed by atoms with Crippen molar-refractivity contribution < 1.29 is 19.2 Å². The fourth-order valence-electron chi connectivity index (χ4n) is 6.79. The Labute approximate surface area is 172 Å². The Hall–Kier alpha value is -1.72. The molecule has 0 saturated heterocycles. The Morgan fingerprint density at radius 3 is 1.48 bits per heavy atom. The summed E-state index contributed by atoms with van der Waals surface area (Å²) in [6.45, 7) is 8.69. The molecule has 0 aliphatic heterocycles. The van der Waals surface area contributed by atoms with Gasteiger partial charge in [0.1, 0.15) is 10.8 Å². The molecule has 4 saturated carbocycles. The van der Waals surface area contributed by atoms with Crippen molar-refractivity contribution in [3.8, 4) is 0 Å². The SMILES string of the molecule is CC1(C)C(=O)C2(C(=O)NCCCNC(=O)C34CCC(C3)C(C)(C)C4=O)CCC1C2. The molecular formula is C23H34N2O4. The fraction of sp³-hybridized carbons (Fsp3) is 0.826. The molecule has 0 aromatic carbocycles. The number of hydrogen-bond donors (Lipinski definition) is 2. The molecule has 4 fully saturated rings. The average Bonchev–Trinajstić information content (AvgIpc) is 3.39. The van der Waals surface area contributed by atoms with Crippen LogP contribution in [0, 0.1) is 33.5 Å². The van der Waals surface area contributed by atoms with Crippen molar-refractivity contribution in [2.75, 3.05) is 13.1 Å². The summed E-state index contributed by atoms with van der Waals surface area (Å²) in [4.78, 5) is 51.1. The molecule has 6 heteroatoms. The lowest BCUT2D eigenvalue weighted by Gasteiger charge is -2.32. The van der Waals surface area contributed by atoms with Crippen molar-refractivity contribution in [1.29, 1.82) is 0 Å². The van der Waals surface area contributed by atoms with E-state index in [1.165, 1.54) is 0 Å². The largest absolute Gasteiger partial charge is 0.355 e. The van der Waals surface area contributed by atoms with Crippen LogP contribution in [0.3, 0.4) is 0 Å². The smallest absolute Gasteiger partial charge is 0.233 e. The van der Waals surface area contributed by atoms with Crippen molar-refractivity contribution in [2.24, 2.45) is 33.5 Å². The number of carbonyl (C=O) groups is 4. The maximum atomic E-state index is 12.8. The minimum atomic E-state index is -0.836. The summed E-state index contributed by atoms with van der Waals surface area (Å²) in [5.41, 5.74) is -2.47. The van der Waals surface area contributed by atoms with Crippen LogP contribution in [0.25, 0.3) is 0 Å². The second-order valence-corrected chi connectivity index (χ2v) is 11.0. The van der Waals surface area contributed by atoms with Crippen LogP contribution in [0.15, 0.2) is 0 Å². The molecule has 0 aromatic rings. The number of carbonyl (C=O) groups excluding carboxylic acids is 4. The number of rotatable bonds is 6. The van der Waals surface area contributed by atoms with E-state index < -0.39 is 21.7 Å². The Kier molecular flexibility index (Phi) is 4.53. The summed E-state index contributed by atoms with van der Waals surface area (Å²) in [5, 5.41) is 5.86. The van der Waals surface area contributed by atoms with Gasteiger partial charge in [0.25, 0.3) is 0 Å². The Morgan fingerprint density at radius 2 is 1.17 bits per heavy atom. The molecular weight excluding hydrogens is 368 g/mol. The highest BCUT2D eigenvalue weighted by atomic mass is 16.2. The lowest BCUT2D eigenvalue weighted by atomic mass is 9.70. The van der Waals surface area contributed by atoms with Crippen LogP contribution in [-0.4, -0.2) is 36.5 Å². The van der Waals surface area contributed by atoms with Gasteiger partial charge in [0.2, 0.25) is 11.8 Å². The summed E-state index contributed by atoms with van der Waals surface area (Å²) in [7, 11) is 0. The van der Waals surface area contributed by atoms with Gasteiger partial charge < -0.3 is 10.6 Å². The Balaban J connectivity index is 1.25. The monoisotopic (exact) mass is 402 g/mol. The van der Waals surface area contributed by atoms with Crippen LogP contribution in [0.2, 0.25) is 0 Å². The Morgan fingerprint density at radius 1 is 0.793 bits per heavy atom. The molecule has 2 amide bonds. The van der Waals surface area contributed by atoms with E-state index in [1.807, 2.05) is 27.7 Å². The van der Waals surface area contributed by atoms with E-state index in [4.69, 9.17) is 0 Å². The Bertz CT molecular complexity index is 722. The highest BCUT2D eigenvalue weighted by Gasteiger charge is 2.66. The first-order valence-electron chi connectivity index (χ1n) is 11.1.